The molecule has 1 aliphatic rings. The Hall–Kier alpha value is -1.13. The third-order valence-electron chi connectivity index (χ3n) is 3.99. The topological polar surface area (TPSA) is 60.2 Å². The molecule has 19 heavy (non-hydrogen) atoms. The third kappa shape index (κ3) is 2.90. The minimum atomic E-state index is -0.183. The molecule has 4 nitrogen and oxygen atoms in total. The van der Waals surface area contributed by atoms with Gasteiger partial charge in [-0.3, -0.25) is 0 Å². The fourth-order valence-corrected chi connectivity index (χ4v) is 2.91. The van der Waals surface area contributed by atoms with Crippen LogP contribution in [0.2, 0.25) is 0 Å². The summed E-state index contributed by atoms with van der Waals surface area (Å²) in [6.07, 6.45) is 5.02. The van der Waals surface area contributed by atoms with Crippen LogP contribution in [0.25, 0.3) is 0 Å². The maximum absolute atomic E-state index is 6.11. The van der Waals surface area contributed by atoms with Crippen LogP contribution >= 0.6 is 0 Å². The van der Waals surface area contributed by atoms with Gasteiger partial charge < -0.3 is 15.8 Å². The van der Waals surface area contributed by atoms with Crippen LogP contribution in [-0.4, -0.2) is 23.7 Å². The lowest BCUT2D eigenvalue weighted by Gasteiger charge is -2.35. The van der Waals surface area contributed by atoms with E-state index in [0.29, 0.717) is 5.82 Å². The second-order valence-electron chi connectivity index (χ2n) is 5.58. The SMILES string of the molecule is CCCNC(c1c(C)ccnc1N)C1(C)CCCO1. The Balaban J connectivity index is 2.36. The van der Waals surface area contributed by atoms with Gasteiger partial charge >= 0.3 is 0 Å². The zero-order valence-electron chi connectivity index (χ0n) is 12.2. The molecule has 0 aliphatic carbocycles. The number of nitrogen functional groups attached to an aromatic ring is 1. The summed E-state index contributed by atoms with van der Waals surface area (Å²) < 4.78 is 6.02. The Morgan fingerprint density at radius 3 is 2.95 bits per heavy atom. The van der Waals surface area contributed by atoms with E-state index in [1.54, 1.807) is 6.20 Å². The van der Waals surface area contributed by atoms with Crippen LogP contribution < -0.4 is 11.1 Å². The van der Waals surface area contributed by atoms with E-state index < -0.39 is 0 Å². The summed E-state index contributed by atoms with van der Waals surface area (Å²) in [5, 5.41) is 3.60. The molecule has 2 rings (SSSR count). The lowest BCUT2D eigenvalue weighted by molar-refractivity contribution is -0.0125. The number of aryl methyl sites for hydroxylation is 1. The van der Waals surface area contributed by atoms with Crippen molar-refractivity contribution in [2.45, 2.75) is 51.7 Å². The van der Waals surface area contributed by atoms with Crippen molar-refractivity contribution in [2.75, 3.05) is 18.9 Å². The van der Waals surface area contributed by atoms with Crippen molar-refractivity contribution in [1.29, 1.82) is 0 Å². The zero-order chi connectivity index (χ0) is 13.9. The van der Waals surface area contributed by atoms with Gasteiger partial charge in [0, 0.05) is 18.4 Å². The summed E-state index contributed by atoms with van der Waals surface area (Å²) in [6.45, 7) is 8.23. The quantitative estimate of drug-likeness (QED) is 0.857. The normalized spacial score (nSPS) is 24.6. The summed E-state index contributed by atoms with van der Waals surface area (Å²) >= 11 is 0. The maximum atomic E-state index is 6.11. The minimum absolute atomic E-state index is 0.114. The van der Waals surface area contributed by atoms with Crippen molar-refractivity contribution in [3.8, 4) is 0 Å². The Morgan fingerprint density at radius 2 is 2.37 bits per heavy atom. The summed E-state index contributed by atoms with van der Waals surface area (Å²) in [4.78, 5) is 4.25. The smallest absolute Gasteiger partial charge is 0.128 e. The number of rotatable bonds is 5. The largest absolute Gasteiger partial charge is 0.383 e. The number of aromatic nitrogens is 1. The number of nitrogens with two attached hydrogens (primary N) is 1. The molecular weight excluding hydrogens is 238 g/mol. The van der Waals surface area contributed by atoms with E-state index in [9.17, 15) is 0 Å². The Morgan fingerprint density at radius 1 is 1.58 bits per heavy atom. The van der Waals surface area contributed by atoms with Crippen LogP contribution in [0.4, 0.5) is 5.82 Å². The summed E-state index contributed by atoms with van der Waals surface area (Å²) in [5.74, 6) is 0.616. The Bertz CT molecular complexity index is 407. The van der Waals surface area contributed by atoms with E-state index in [2.05, 4.69) is 31.1 Å². The first-order chi connectivity index (χ1) is 9.08. The number of anilines is 1. The molecule has 1 aliphatic heterocycles. The van der Waals surface area contributed by atoms with Crippen LogP contribution in [0, 0.1) is 6.92 Å². The molecular formula is C15H25N3O. The van der Waals surface area contributed by atoms with Gasteiger partial charge in [-0.15, -0.1) is 0 Å². The molecule has 0 spiro atoms. The lowest BCUT2D eigenvalue weighted by Crippen LogP contribution is -2.42. The molecule has 3 N–H and O–H groups in total. The molecule has 0 bridgehead atoms. The number of ether oxygens (including phenoxy) is 1. The van der Waals surface area contributed by atoms with Crippen LogP contribution in [0.3, 0.4) is 0 Å². The average Bonchev–Trinajstić information content (AvgIpc) is 2.81. The second-order valence-corrected chi connectivity index (χ2v) is 5.58. The molecule has 106 valence electrons. The Labute approximate surface area is 115 Å². The molecule has 1 fully saturated rings. The van der Waals surface area contributed by atoms with Gasteiger partial charge in [-0.2, -0.15) is 0 Å². The van der Waals surface area contributed by atoms with Gasteiger partial charge in [0.1, 0.15) is 5.82 Å². The van der Waals surface area contributed by atoms with Gasteiger partial charge in [0.25, 0.3) is 0 Å². The van der Waals surface area contributed by atoms with E-state index in [1.807, 2.05) is 6.07 Å². The van der Waals surface area contributed by atoms with Gasteiger partial charge in [0.2, 0.25) is 0 Å². The third-order valence-corrected chi connectivity index (χ3v) is 3.99. The highest BCUT2D eigenvalue weighted by molar-refractivity contribution is 5.47. The van der Waals surface area contributed by atoms with Gasteiger partial charge in [0.05, 0.1) is 11.6 Å². The zero-order valence-corrected chi connectivity index (χ0v) is 12.2. The predicted octanol–water partition coefficient (Wildman–Crippen LogP) is 2.58. The fraction of sp³-hybridized carbons (Fsp3) is 0.667. The number of nitrogens with zero attached hydrogens (tertiary/aromatic N) is 1. The van der Waals surface area contributed by atoms with Gasteiger partial charge in [-0.1, -0.05) is 6.92 Å². The van der Waals surface area contributed by atoms with E-state index in [-0.39, 0.29) is 11.6 Å². The monoisotopic (exact) mass is 263 g/mol. The number of nitrogens with one attached hydrogen (secondary N) is 1. The standard InChI is InChI=1S/C15H25N3O/c1-4-8-17-13(15(3)7-5-10-19-15)12-11(2)6-9-18-14(12)16/h6,9,13,17H,4-5,7-8,10H2,1-3H3,(H2,16,18). The highest BCUT2D eigenvalue weighted by atomic mass is 16.5. The molecule has 0 aromatic carbocycles. The number of pyridine rings is 1. The second kappa shape index (κ2) is 5.88. The molecule has 1 aromatic rings. The summed E-state index contributed by atoms with van der Waals surface area (Å²) in [5.41, 5.74) is 8.21. The van der Waals surface area contributed by atoms with E-state index in [0.717, 1.165) is 38.0 Å². The number of hydrogen-bond donors (Lipinski definition) is 2. The first-order valence-corrected chi connectivity index (χ1v) is 7.17. The van der Waals surface area contributed by atoms with E-state index in [4.69, 9.17) is 10.5 Å². The molecule has 0 saturated carbocycles. The van der Waals surface area contributed by atoms with Crippen molar-refractivity contribution in [3.05, 3.63) is 23.4 Å². The molecule has 0 radical (unpaired) electrons. The number of hydrogen-bond acceptors (Lipinski definition) is 4. The van der Waals surface area contributed by atoms with Crippen LogP contribution in [0.5, 0.6) is 0 Å². The molecule has 0 amide bonds. The van der Waals surface area contributed by atoms with Gasteiger partial charge in [-0.05, 0) is 51.3 Å². The van der Waals surface area contributed by atoms with Gasteiger partial charge in [0.15, 0.2) is 0 Å². The summed E-state index contributed by atoms with van der Waals surface area (Å²) in [6, 6.07) is 2.13. The van der Waals surface area contributed by atoms with E-state index in [1.165, 1.54) is 5.56 Å². The molecule has 2 heterocycles. The fourth-order valence-electron chi connectivity index (χ4n) is 2.91. The summed E-state index contributed by atoms with van der Waals surface area (Å²) in [7, 11) is 0. The highest BCUT2D eigenvalue weighted by Gasteiger charge is 2.40. The van der Waals surface area contributed by atoms with Crippen LogP contribution in [0.1, 0.15) is 50.3 Å². The van der Waals surface area contributed by atoms with E-state index >= 15 is 0 Å². The molecule has 1 saturated heterocycles. The molecule has 2 atom stereocenters. The Kier molecular flexibility index (Phi) is 4.42. The van der Waals surface area contributed by atoms with Crippen molar-refractivity contribution >= 4 is 5.82 Å². The first-order valence-electron chi connectivity index (χ1n) is 7.17. The van der Waals surface area contributed by atoms with Crippen molar-refractivity contribution < 1.29 is 4.74 Å². The van der Waals surface area contributed by atoms with Crippen molar-refractivity contribution in [1.82, 2.24) is 10.3 Å². The van der Waals surface area contributed by atoms with Crippen molar-refractivity contribution in [2.24, 2.45) is 0 Å². The maximum Gasteiger partial charge on any atom is 0.128 e. The molecule has 1 aromatic heterocycles. The predicted molar refractivity (Wildman–Crippen MR) is 78.0 cm³/mol. The molecule has 4 heteroatoms. The first kappa shape index (κ1) is 14.3. The van der Waals surface area contributed by atoms with Crippen molar-refractivity contribution in [3.63, 3.8) is 0 Å². The van der Waals surface area contributed by atoms with Crippen LogP contribution in [0.15, 0.2) is 12.3 Å². The van der Waals surface area contributed by atoms with Crippen LogP contribution in [-0.2, 0) is 4.74 Å². The average molecular weight is 263 g/mol. The van der Waals surface area contributed by atoms with Gasteiger partial charge in [-0.25, -0.2) is 4.98 Å². The lowest BCUT2D eigenvalue weighted by atomic mass is 9.86. The minimum Gasteiger partial charge on any atom is -0.383 e. The highest BCUT2D eigenvalue weighted by Crippen LogP contribution is 2.39. The molecule has 2 unspecified atom stereocenters.